The molecule has 0 bridgehead atoms. The van der Waals surface area contributed by atoms with E-state index in [0.29, 0.717) is 6.54 Å². The van der Waals surface area contributed by atoms with Crippen LogP contribution in [0.5, 0.6) is 0 Å². The summed E-state index contributed by atoms with van der Waals surface area (Å²) in [6, 6.07) is 6.37. The maximum atomic E-state index is 6.05. The van der Waals surface area contributed by atoms with Gasteiger partial charge in [-0.3, -0.25) is 0 Å². The smallest absolute Gasteiger partial charge is 0.0649 e. The monoisotopic (exact) mass is 326 g/mol. The van der Waals surface area contributed by atoms with Gasteiger partial charge < -0.3 is 15.8 Å². The van der Waals surface area contributed by atoms with Crippen LogP contribution in [0, 0.1) is 6.92 Å². The molecule has 3 nitrogen and oxygen atoms in total. The lowest BCUT2D eigenvalue weighted by molar-refractivity contribution is -0.0736. The van der Waals surface area contributed by atoms with Crippen molar-refractivity contribution in [3.05, 3.63) is 28.2 Å². The molecule has 4 heteroatoms. The number of hydrogen-bond donors (Lipinski definition) is 2. The second kappa shape index (κ2) is 5.43. The van der Waals surface area contributed by atoms with Crippen molar-refractivity contribution in [1.29, 1.82) is 0 Å². The first-order valence-corrected chi connectivity index (χ1v) is 7.53. The molecular weight excluding hydrogens is 304 g/mol. The number of anilines is 1. The highest BCUT2D eigenvalue weighted by molar-refractivity contribution is 9.10. The first kappa shape index (κ1) is 14.8. The summed E-state index contributed by atoms with van der Waals surface area (Å²) in [5.74, 6) is 0. The van der Waals surface area contributed by atoms with Crippen molar-refractivity contribution in [3.63, 3.8) is 0 Å². The van der Waals surface area contributed by atoms with Crippen molar-refractivity contribution in [2.75, 3.05) is 18.5 Å². The standard InChI is InChI=1S/C15H23BrN2O/c1-11-6-12(16)8-13(7-11)18-15(10-17)4-5-19-14(2,3)9-15/h6-8,18H,4-5,9-10,17H2,1-3H3. The fourth-order valence-electron chi connectivity index (χ4n) is 2.92. The first-order valence-electron chi connectivity index (χ1n) is 6.74. The summed E-state index contributed by atoms with van der Waals surface area (Å²) < 4.78 is 6.89. The van der Waals surface area contributed by atoms with E-state index in [2.05, 4.69) is 60.2 Å². The Hall–Kier alpha value is -0.580. The van der Waals surface area contributed by atoms with Crippen LogP contribution in [0.1, 0.15) is 32.3 Å². The third-order valence-corrected chi connectivity index (χ3v) is 4.14. The lowest BCUT2D eigenvalue weighted by Gasteiger charge is -2.45. The number of benzene rings is 1. The fraction of sp³-hybridized carbons (Fsp3) is 0.600. The van der Waals surface area contributed by atoms with Gasteiger partial charge in [0.1, 0.15) is 0 Å². The summed E-state index contributed by atoms with van der Waals surface area (Å²) in [4.78, 5) is 0. The molecule has 1 fully saturated rings. The molecule has 1 aliphatic heterocycles. The summed E-state index contributed by atoms with van der Waals surface area (Å²) in [6.45, 7) is 7.73. The summed E-state index contributed by atoms with van der Waals surface area (Å²) in [7, 11) is 0. The van der Waals surface area contributed by atoms with E-state index in [-0.39, 0.29) is 11.1 Å². The van der Waals surface area contributed by atoms with E-state index in [1.54, 1.807) is 0 Å². The minimum atomic E-state index is -0.119. The summed E-state index contributed by atoms with van der Waals surface area (Å²) in [5.41, 5.74) is 8.21. The maximum Gasteiger partial charge on any atom is 0.0649 e. The highest BCUT2D eigenvalue weighted by Gasteiger charge is 2.40. The van der Waals surface area contributed by atoms with Gasteiger partial charge in [-0.15, -0.1) is 0 Å². The molecule has 2 rings (SSSR count). The molecule has 1 aliphatic rings. The largest absolute Gasteiger partial charge is 0.378 e. The molecule has 0 spiro atoms. The fourth-order valence-corrected chi connectivity index (χ4v) is 3.53. The zero-order valence-electron chi connectivity index (χ0n) is 11.9. The topological polar surface area (TPSA) is 47.3 Å². The lowest BCUT2D eigenvalue weighted by atomic mass is 9.81. The van der Waals surface area contributed by atoms with Gasteiger partial charge in [0, 0.05) is 29.7 Å². The predicted molar refractivity (Wildman–Crippen MR) is 83.6 cm³/mol. The average molecular weight is 327 g/mol. The maximum absolute atomic E-state index is 6.05. The molecule has 1 aromatic carbocycles. The number of halogens is 1. The third-order valence-electron chi connectivity index (χ3n) is 3.68. The molecule has 1 atom stereocenters. The Balaban J connectivity index is 2.22. The van der Waals surface area contributed by atoms with Crippen LogP contribution in [0.3, 0.4) is 0 Å². The van der Waals surface area contributed by atoms with E-state index in [9.17, 15) is 0 Å². The van der Waals surface area contributed by atoms with E-state index in [1.807, 2.05) is 0 Å². The highest BCUT2D eigenvalue weighted by atomic mass is 79.9. The Bertz CT molecular complexity index is 441. The Morgan fingerprint density at radius 3 is 2.68 bits per heavy atom. The van der Waals surface area contributed by atoms with Crippen LogP contribution in [-0.2, 0) is 4.74 Å². The van der Waals surface area contributed by atoms with Gasteiger partial charge >= 0.3 is 0 Å². The van der Waals surface area contributed by atoms with Gasteiger partial charge in [-0.1, -0.05) is 15.9 Å². The number of nitrogens with two attached hydrogens (primary N) is 1. The molecule has 0 aromatic heterocycles. The Kier molecular flexibility index (Phi) is 4.23. The van der Waals surface area contributed by atoms with Gasteiger partial charge in [-0.05, 0) is 51.0 Å². The van der Waals surface area contributed by atoms with Crippen molar-refractivity contribution in [1.82, 2.24) is 0 Å². The molecule has 1 unspecified atom stereocenters. The van der Waals surface area contributed by atoms with Crippen LogP contribution in [-0.4, -0.2) is 24.3 Å². The van der Waals surface area contributed by atoms with E-state index < -0.39 is 0 Å². The number of ether oxygens (including phenoxy) is 1. The van der Waals surface area contributed by atoms with Gasteiger partial charge in [0.05, 0.1) is 11.1 Å². The lowest BCUT2D eigenvalue weighted by Crippen LogP contribution is -2.55. The molecule has 106 valence electrons. The molecule has 0 amide bonds. The molecule has 0 saturated carbocycles. The van der Waals surface area contributed by atoms with E-state index in [1.165, 1.54) is 5.56 Å². The predicted octanol–water partition coefficient (Wildman–Crippen LogP) is 3.46. The van der Waals surface area contributed by atoms with Crippen LogP contribution >= 0.6 is 15.9 Å². The van der Waals surface area contributed by atoms with Crippen molar-refractivity contribution < 1.29 is 4.74 Å². The molecule has 0 aliphatic carbocycles. The number of hydrogen-bond acceptors (Lipinski definition) is 3. The van der Waals surface area contributed by atoms with Gasteiger partial charge in [0.25, 0.3) is 0 Å². The zero-order valence-corrected chi connectivity index (χ0v) is 13.5. The van der Waals surface area contributed by atoms with Crippen molar-refractivity contribution in [3.8, 4) is 0 Å². The van der Waals surface area contributed by atoms with Crippen LogP contribution in [0.25, 0.3) is 0 Å². The summed E-state index contributed by atoms with van der Waals surface area (Å²) >= 11 is 3.54. The van der Waals surface area contributed by atoms with Gasteiger partial charge in [0.2, 0.25) is 0 Å². The zero-order chi connectivity index (χ0) is 14.1. The molecule has 1 heterocycles. The molecule has 3 N–H and O–H groups in total. The van der Waals surface area contributed by atoms with Crippen LogP contribution in [0.2, 0.25) is 0 Å². The highest BCUT2D eigenvalue weighted by Crippen LogP contribution is 2.34. The van der Waals surface area contributed by atoms with Gasteiger partial charge in [-0.2, -0.15) is 0 Å². The van der Waals surface area contributed by atoms with Crippen molar-refractivity contribution in [2.45, 2.75) is 44.8 Å². The third kappa shape index (κ3) is 3.71. The second-order valence-electron chi connectivity index (χ2n) is 6.16. The first-order chi connectivity index (χ1) is 8.84. The number of nitrogens with one attached hydrogen (secondary N) is 1. The van der Waals surface area contributed by atoms with E-state index in [4.69, 9.17) is 10.5 Å². The van der Waals surface area contributed by atoms with Crippen molar-refractivity contribution in [2.24, 2.45) is 5.73 Å². The molecule has 0 radical (unpaired) electrons. The molecular formula is C15H23BrN2O. The van der Waals surface area contributed by atoms with Crippen LogP contribution in [0.4, 0.5) is 5.69 Å². The van der Waals surface area contributed by atoms with Crippen LogP contribution < -0.4 is 11.1 Å². The summed E-state index contributed by atoms with van der Waals surface area (Å²) in [6.07, 6.45) is 1.86. The summed E-state index contributed by atoms with van der Waals surface area (Å²) in [5, 5.41) is 3.65. The van der Waals surface area contributed by atoms with Crippen molar-refractivity contribution >= 4 is 21.6 Å². The molecule has 19 heavy (non-hydrogen) atoms. The SMILES string of the molecule is Cc1cc(Br)cc(NC2(CN)CCOC(C)(C)C2)c1. The van der Waals surface area contributed by atoms with Gasteiger partial charge in [-0.25, -0.2) is 0 Å². The minimum absolute atomic E-state index is 0.0744. The molecule has 1 saturated heterocycles. The Morgan fingerprint density at radius 1 is 1.37 bits per heavy atom. The van der Waals surface area contributed by atoms with Crippen LogP contribution in [0.15, 0.2) is 22.7 Å². The minimum Gasteiger partial charge on any atom is -0.378 e. The quantitative estimate of drug-likeness (QED) is 0.894. The Labute approximate surface area is 124 Å². The second-order valence-corrected chi connectivity index (χ2v) is 7.08. The normalized spacial score (nSPS) is 26.2. The average Bonchev–Trinajstić information content (AvgIpc) is 2.26. The van der Waals surface area contributed by atoms with E-state index in [0.717, 1.165) is 29.6 Å². The number of rotatable bonds is 3. The van der Waals surface area contributed by atoms with E-state index >= 15 is 0 Å². The number of aryl methyl sites for hydroxylation is 1. The van der Waals surface area contributed by atoms with Gasteiger partial charge in [0.15, 0.2) is 0 Å². The molecule has 1 aromatic rings. The Morgan fingerprint density at radius 2 is 2.11 bits per heavy atom.